The van der Waals surface area contributed by atoms with Crippen LogP contribution in [0.3, 0.4) is 0 Å². The van der Waals surface area contributed by atoms with Gasteiger partial charge in [-0.25, -0.2) is 4.79 Å². The number of carbonyl (C=O) groups excluding carboxylic acids is 3. The molecule has 0 aliphatic carbocycles. The summed E-state index contributed by atoms with van der Waals surface area (Å²) in [4.78, 5) is 76.5. The molecule has 226 valence electrons. The predicted molar refractivity (Wildman–Crippen MR) is 145 cm³/mol. The van der Waals surface area contributed by atoms with Gasteiger partial charge in [-0.15, -0.1) is 0 Å². The average molecular weight is 580 g/mol. The molecule has 0 aliphatic rings. The molecule has 0 aromatic heterocycles. The van der Waals surface area contributed by atoms with Crippen LogP contribution in [0.2, 0.25) is 0 Å². The number of carbonyl (C=O) groups is 6. The number of nitrogens with zero attached hydrogens (tertiary/aromatic N) is 1. The van der Waals surface area contributed by atoms with Crippen molar-refractivity contribution in [1.82, 2.24) is 16.0 Å². The molecule has 16 heteroatoms. The molecule has 12 N–H and O–H groups in total. The fourth-order valence-corrected chi connectivity index (χ4v) is 3.60. The van der Waals surface area contributed by atoms with Gasteiger partial charge >= 0.3 is 17.9 Å². The summed E-state index contributed by atoms with van der Waals surface area (Å²) in [5.74, 6) is -6.76. The smallest absolute Gasteiger partial charge is 0.326 e. The Hall–Kier alpha value is -4.73. The first-order chi connectivity index (χ1) is 19.3. The van der Waals surface area contributed by atoms with Gasteiger partial charge in [-0.3, -0.25) is 29.0 Å². The monoisotopic (exact) mass is 579 g/mol. The SMILES string of the molecule is NC(N)=NCCCC(N)C(=O)NC(CCC(=O)O)C(=O)NC(CCC(=O)O)C(=O)NC(Cc1ccccc1)C(=O)O. The van der Waals surface area contributed by atoms with Gasteiger partial charge < -0.3 is 48.5 Å². The van der Waals surface area contributed by atoms with E-state index in [0.717, 1.165) is 0 Å². The highest BCUT2D eigenvalue weighted by Crippen LogP contribution is 2.07. The highest BCUT2D eigenvalue weighted by Gasteiger charge is 2.31. The molecule has 0 saturated carbocycles. The van der Waals surface area contributed by atoms with Crippen LogP contribution in [-0.4, -0.2) is 87.6 Å². The molecule has 0 radical (unpaired) electrons. The molecule has 1 rings (SSSR count). The number of hydrogen-bond donors (Lipinski definition) is 9. The van der Waals surface area contributed by atoms with Gasteiger partial charge in [0.05, 0.1) is 6.04 Å². The minimum Gasteiger partial charge on any atom is -0.481 e. The summed E-state index contributed by atoms with van der Waals surface area (Å²) in [6.45, 7) is 0.203. The van der Waals surface area contributed by atoms with E-state index in [4.69, 9.17) is 27.4 Å². The zero-order valence-corrected chi connectivity index (χ0v) is 22.3. The summed E-state index contributed by atoms with van der Waals surface area (Å²) < 4.78 is 0. The average Bonchev–Trinajstić information content (AvgIpc) is 2.90. The van der Waals surface area contributed by atoms with Gasteiger partial charge in [-0.1, -0.05) is 30.3 Å². The number of amides is 3. The van der Waals surface area contributed by atoms with Gasteiger partial charge in [0.15, 0.2) is 5.96 Å². The topological polar surface area (TPSA) is 290 Å². The van der Waals surface area contributed by atoms with Crippen LogP contribution in [0.25, 0.3) is 0 Å². The molecule has 0 heterocycles. The molecule has 16 nitrogen and oxygen atoms in total. The van der Waals surface area contributed by atoms with Gasteiger partial charge in [-0.05, 0) is 31.2 Å². The number of carboxylic acids is 3. The number of rotatable bonds is 19. The first-order valence-corrected chi connectivity index (χ1v) is 12.7. The maximum Gasteiger partial charge on any atom is 0.326 e. The molecule has 0 saturated heterocycles. The van der Waals surface area contributed by atoms with Crippen molar-refractivity contribution >= 4 is 41.6 Å². The quantitative estimate of drug-likeness (QED) is 0.0483. The largest absolute Gasteiger partial charge is 0.481 e. The minimum atomic E-state index is -1.51. The lowest BCUT2D eigenvalue weighted by molar-refractivity contribution is -0.143. The lowest BCUT2D eigenvalue weighted by Gasteiger charge is -2.25. The molecule has 3 amide bonds. The number of hydrogen-bond acceptors (Lipinski definition) is 8. The van der Waals surface area contributed by atoms with Gasteiger partial charge in [0, 0.05) is 25.8 Å². The third-order valence-corrected chi connectivity index (χ3v) is 5.76. The molecule has 0 bridgehead atoms. The third kappa shape index (κ3) is 14.3. The van der Waals surface area contributed by atoms with E-state index in [-0.39, 0.29) is 31.8 Å². The first-order valence-electron chi connectivity index (χ1n) is 12.7. The van der Waals surface area contributed by atoms with Crippen LogP contribution in [0.5, 0.6) is 0 Å². The Balaban J connectivity index is 3.01. The second kappa shape index (κ2) is 17.8. The van der Waals surface area contributed by atoms with Crippen molar-refractivity contribution in [3.63, 3.8) is 0 Å². The molecule has 0 spiro atoms. The normalized spacial score (nSPS) is 13.5. The number of nitrogens with one attached hydrogen (secondary N) is 3. The fourth-order valence-electron chi connectivity index (χ4n) is 3.60. The Bertz CT molecular complexity index is 1090. The van der Waals surface area contributed by atoms with Crippen molar-refractivity contribution in [1.29, 1.82) is 0 Å². The number of guanidine groups is 1. The van der Waals surface area contributed by atoms with E-state index in [0.29, 0.717) is 12.0 Å². The standard InChI is InChI=1S/C25H37N7O9/c26-15(7-4-12-29-25(27)28)21(37)30-16(8-10-19(33)34)22(38)31-17(9-11-20(35)36)23(39)32-18(24(40)41)13-14-5-2-1-3-6-14/h1-3,5-6,15-18H,4,7-13,26H2,(H,30,37)(H,31,38)(H,32,39)(H,33,34)(H,35,36)(H,40,41)(H4,27,28,29). The molecule has 4 unspecified atom stereocenters. The van der Waals surface area contributed by atoms with E-state index >= 15 is 0 Å². The third-order valence-electron chi connectivity index (χ3n) is 5.76. The van der Waals surface area contributed by atoms with Crippen LogP contribution in [0, 0.1) is 0 Å². The predicted octanol–water partition coefficient (Wildman–Crippen LogP) is -2.12. The molecular weight excluding hydrogens is 542 g/mol. The van der Waals surface area contributed by atoms with E-state index in [9.17, 15) is 33.9 Å². The van der Waals surface area contributed by atoms with Crippen LogP contribution in [0.15, 0.2) is 35.3 Å². The number of aliphatic imine (C=N–C) groups is 1. The van der Waals surface area contributed by atoms with E-state index in [1.54, 1.807) is 30.3 Å². The molecule has 1 aromatic carbocycles. The molecule has 1 aromatic rings. The minimum absolute atomic E-state index is 0.0835. The highest BCUT2D eigenvalue weighted by atomic mass is 16.4. The van der Waals surface area contributed by atoms with Gasteiger partial charge in [-0.2, -0.15) is 0 Å². The van der Waals surface area contributed by atoms with Crippen molar-refractivity contribution in [3.05, 3.63) is 35.9 Å². The van der Waals surface area contributed by atoms with Gasteiger partial charge in [0.1, 0.15) is 18.1 Å². The van der Waals surface area contributed by atoms with E-state index in [2.05, 4.69) is 20.9 Å². The van der Waals surface area contributed by atoms with E-state index < -0.39 is 79.1 Å². The summed E-state index contributed by atoms with van der Waals surface area (Å²) in [7, 11) is 0. The Morgan fingerprint density at radius 3 is 1.68 bits per heavy atom. The summed E-state index contributed by atoms with van der Waals surface area (Å²) in [5.41, 5.74) is 16.9. The van der Waals surface area contributed by atoms with Crippen molar-refractivity contribution in [3.8, 4) is 0 Å². The van der Waals surface area contributed by atoms with Crippen LogP contribution in [0.1, 0.15) is 44.1 Å². The van der Waals surface area contributed by atoms with Crippen molar-refractivity contribution in [2.75, 3.05) is 6.54 Å². The van der Waals surface area contributed by atoms with Crippen LogP contribution in [-0.2, 0) is 35.2 Å². The lowest BCUT2D eigenvalue weighted by atomic mass is 10.0. The second-order valence-electron chi connectivity index (χ2n) is 9.13. The zero-order valence-electron chi connectivity index (χ0n) is 22.3. The highest BCUT2D eigenvalue weighted by molar-refractivity contribution is 5.94. The maximum atomic E-state index is 13.1. The summed E-state index contributed by atoms with van der Waals surface area (Å²) in [6.07, 6.45) is -1.47. The Morgan fingerprint density at radius 1 is 0.732 bits per heavy atom. The molecule has 0 aliphatic heterocycles. The maximum absolute atomic E-state index is 13.1. The zero-order chi connectivity index (χ0) is 30.9. The second-order valence-corrected chi connectivity index (χ2v) is 9.13. The van der Waals surface area contributed by atoms with Gasteiger partial charge in [0.25, 0.3) is 0 Å². The molecule has 0 fully saturated rings. The fraction of sp³-hybridized carbons (Fsp3) is 0.480. The van der Waals surface area contributed by atoms with E-state index in [1.165, 1.54) is 0 Å². The summed E-state index contributed by atoms with van der Waals surface area (Å²) >= 11 is 0. The van der Waals surface area contributed by atoms with Gasteiger partial charge in [0.2, 0.25) is 17.7 Å². The van der Waals surface area contributed by atoms with Crippen LogP contribution >= 0.6 is 0 Å². The van der Waals surface area contributed by atoms with Crippen molar-refractivity contribution in [2.45, 2.75) is 69.1 Å². The number of nitrogens with two attached hydrogens (primary N) is 3. The molecular formula is C25H37N7O9. The molecule has 4 atom stereocenters. The van der Waals surface area contributed by atoms with Crippen molar-refractivity contribution in [2.24, 2.45) is 22.2 Å². The number of aliphatic carboxylic acids is 3. The first kappa shape index (κ1) is 34.3. The van der Waals surface area contributed by atoms with Crippen LogP contribution in [0.4, 0.5) is 0 Å². The Morgan fingerprint density at radius 2 is 1.22 bits per heavy atom. The summed E-state index contributed by atoms with van der Waals surface area (Å²) in [5, 5.41) is 34.7. The van der Waals surface area contributed by atoms with E-state index in [1.807, 2.05) is 0 Å². The number of benzene rings is 1. The Kier molecular flexibility index (Phi) is 14.9. The van der Waals surface area contributed by atoms with Crippen LogP contribution < -0.4 is 33.2 Å². The van der Waals surface area contributed by atoms with Crippen molar-refractivity contribution < 1.29 is 44.1 Å². The Labute approximate surface area is 235 Å². The number of carboxylic acid groups (broad SMARTS) is 3. The molecule has 41 heavy (non-hydrogen) atoms. The summed E-state index contributed by atoms with van der Waals surface area (Å²) in [6, 6.07) is 2.99. The lowest BCUT2D eigenvalue weighted by Crippen LogP contribution is -2.57.